The molecule has 4 rings (SSSR count). The number of pyridine rings is 1. The Kier molecular flexibility index (Phi) is 6.44. The zero-order chi connectivity index (χ0) is 21.1. The maximum atomic E-state index is 13.3. The molecule has 0 radical (unpaired) electrons. The monoisotopic (exact) mass is 411 g/mol. The Morgan fingerprint density at radius 2 is 2.03 bits per heavy atom. The van der Waals surface area contributed by atoms with Gasteiger partial charge in [0.05, 0.1) is 17.8 Å². The predicted octanol–water partition coefficient (Wildman–Crippen LogP) is 3.22. The van der Waals surface area contributed by atoms with Crippen molar-refractivity contribution in [3.05, 3.63) is 64.2 Å². The summed E-state index contributed by atoms with van der Waals surface area (Å²) in [5.74, 6) is -0.474. The second kappa shape index (κ2) is 9.23. The van der Waals surface area contributed by atoms with Crippen LogP contribution in [0.1, 0.15) is 65.5 Å². The molecule has 0 bridgehead atoms. The highest BCUT2D eigenvalue weighted by Crippen LogP contribution is 2.25. The van der Waals surface area contributed by atoms with Crippen molar-refractivity contribution >= 4 is 5.91 Å². The molecule has 1 aromatic carbocycles. The first-order valence-corrected chi connectivity index (χ1v) is 11.0. The molecule has 1 aromatic heterocycles. The number of halogens is 1. The summed E-state index contributed by atoms with van der Waals surface area (Å²) in [5.41, 5.74) is 4.66. The Labute approximate surface area is 177 Å². The van der Waals surface area contributed by atoms with Gasteiger partial charge in [0.2, 0.25) is 0 Å². The number of fused-ring (bicyclic) bond motifs is 1. The summed E-state index contributed by atoms with van der Waals surface area (Å²) < 4.78 is 13.3. The van der Waals surface area contributed by atoms with Crippen molar-refractivity contribution in [3.63, 3.8) is 0 Å². The summed E-state index contributed by atoms with van der Waals surface area (Å²) >= 11 is 0. The largest absolute Gasteiger partial charge is 0.391 e. The number of aromatic nitrogens is 1. The van der Waals surface area contributed by atoms with Crippen molar-refractivity contribution in [3.8, 4) is 0 Å². The molecule has 30 heavy (non-hydrogen) atoms. The van der Waals surface area contributed by atoms with Gasteiger partial charge in [0.25, 0.3) is 5.91 Å². The number of nitrogens with zero attached hydrogens (tertiary/aromatic N) is 2. The van der Waals surface area contributed by atoms with Crippen molar-refractivity contribution in [1.82, 2.24) is 15.2 Å². The Morgan fingerprint density at radius 1 is 1.27 bits per heavy atom. The fourth-order valence-electron chi connectivity index (χ4n) is 4.57. The van der Waals surface area contributed by atoms with Gasteiger partial charge in [0.1, 0.15) is 11.5 Å². The number of carbonyl (C=O) groups is 1. The van der Waals surface area contributed by atoms with E-state index in [2.05, 4.69) is 17.1 Å². The highest BCUT2D eigenvalue weighted by atomic mass is 19.1. The molecule has 1 aliphatic carbocycles. The lowest BCUT2D eigenvalue weighted by Gasteiger charge is -2.30. The molecule has 1 fully saturated rings. The molecule has 0 spiro atoms. The molecule has 6 heteroatoms. The first kappa shape index (κ1) is 20.9. The zero-order valence-corrected chi connectivity index (χ0v) is 17.5. The van der Waals surface area contributed by atoms with Crippen molar-refractivity contribution in [2.45, 2.75) is 64.1 Å². The number of aliphatic hydroxyl groups is 1. The quantitative estimate of drug-likeness (QED) is 0.793. The van der Waals surface area contributed by atoms with Crippen LogP contribution in [0.25, 0.3) is 0 Å². The Balaban J connectivity index is 1.63. The summed E-state index contributed by atoms with van der Waals surface area (Å²) in [6.07, 6.45) is 4.59. The van der Waals surface area contributed by atoms with Crippen LogP contribution in [0.15, 0.2) is 30.3 Å². The minimum Gasteiger partial charge on any atom is -0.391 e. The van der Waals surface area contributed by atoms with Crippen LogP contribution in [0, 0.1) is 5.82 Å². The van der Waals surface area contributed by atoms with E-state index in [1.807, 2.05) is 6.07 Å². The number of nitrogens with one attached hydrogen (secondary N) is 1. The third kappa shape index (κ3) is 4.71. The molecule has 1 saturated carbocycles. The van der Waals surface area contributed by atoms with Crippen LogP contribution in [-0.4, -0.2) is 46.1 Å². The molecule has 1 amide bonds. The number of rotatable bonds is 5. The first-order chi connectivity index (χ1) is 14.5. The van der Waals surface area contributed by atoms with E-state index < -0.39 is 6.10 Å². The van der Waals surface area contributed by atoms with E-state index in [1.54, 1.807) is 12.1 Å². The standard InChI is InChI=1S/C24H30FN3O2/c1-2-28-12-11-19-17(13-16-7-9-18(25)10-8-16)14-21(26-22(19)15-28)24(30)27-20-5-3-4-6-23(20)29/h7-10,14,20,23,29H,2-6,11-13,15H2,1H3,(H,27,30)/t20-,23-/m0/s1. The average molecular weight is 412 g/mol. The van der Waals surface area contributed by atoms with Gasteiger partial charge in [-0.2, -0.15) is 0 Å². The minimum absolute atomic E-state index is 0.211. The number of benzene rings is 1. The summed E-state index contributed by atoms with van der Waals surface area (Å²) in [6, 6.07) is 8.20. The van der Waals surface area contributed by atoms with E-state index in [1.165, 1.54) is 17.7 Å². The lowest BCUT2D eigenvalue weighted by molar-refractivity contribution is 0.0713. The molecule has 2 heterocycles. The molecule has 2 N–H and O–H groups in total. The fraction of sp³-hybridized carbons (Fsp3) is 0.500. The predicted molar refractivity (Wildman–Crippen MR) is 114 cm³/mol. The van der Waals surface area contributed by atoms with Gasteiger partial charge in [-0.05, 0) is 67.1 Å². The van der Waals surface area contributed by atoms with Crippen LogP contribution in [-0.2, 0) is 19.4 Å². The molecular formula is C24H30FN3O2. The summed E-state index contributed by atoms with van der Waals surface area (Å²) in [5, 5.41) is 13.2. The molecule has 2 aliphatic rings. The molecule has 1 aliphatic heterocycles. The number of carbonyl (C=O) groups excluding carboxylic acids is 1. The van der Waals surface area contributed by atoms with Crippen molar-refractivity contribution in [2.24, 2.45) is 0 Å². The number of amides is 1. The number of likely N-dealkylation sites (N-methyl/N-ethyl adjacent to an activating group) is 1. The van der Waals surface area contributed by atoms with E-state index in [0.29, 0.717) is 12.1 Å². The van der Waals surface area contributed by atoms with E-state index >= 15 is 0 Å². The average Bonchev–Trinajstić information content (AvgIpc) is 2.76. The van der Waals surface area contributed by atoms with Gasteiger partial charge >= 0.3 is 0 Å². The zero-order valence-electron chi connectivity index (χ0n) is 17.5. The summed E-state index contributed by atoms with van der Waals surface area (Å²) in [7, 11) is 0. The first-order valence-electron chi connectivity index (χ1n) is 11.0. The lowest BCUT2D eigenvalue weighted by atomic mass is 9.92. The van der Waals surface area contributed by atoms with Crippen LogP contribution in [0.3, 0.4) is 0 Å². The number of aliphatic hydroxyl groups excluding tert-OH is 1. The maximum Gasteiger partial charge on any atom is 0.270 e. The Hall–Kier alpha value is -2.31. The van der Waals surface area contributed by atoms with Crippen LogP contribution < -0.4 is 5.32 Å². The van der Waals surface area contributed by atoms with Gasteiger partial charge in [-0.15, -0.1) is 0 Å². The van der Waals surface area contributed by atoms with E-state index in [9.17, 15) is 14.3 Å². The van der Waals surface area contributed by atoms with Gasteiger partial charge in [0, 0.05) is 13.1 Å². The Morgan fingerprint density at radius 3 is 2.77 bits per heavy atom. The maximum absolute atomic E-state index is 13.3. The minimum atomic E-state index is -0.491. The van der Waals surface area contributed by atoms with E-state index in [4.69, 9.17) is 4.98 Å². The van der Waals surface area contributed by atoms with Gasteiger partial charge in [-0.1, -0.05) is 31.9 Å². The summed E-state index contributed by atoms with van der Waals surface area (Å²) in [6.45, 7) is 4.78. The highest BCUT2D eigenvalue weighted by Gasteiger charge is 2.27. The smallest absolute Gasteiger partial charge is 0.270 e. The van der Waals surface area contributed by atoms with Gasteiger partial charge in [-0.25, -0.2) is 9.37 Å². The third-order valence-electron chi connectivity index (χ3n) is 6.39. The van der Waals surface area contributed by atoms with Crippen LogP contribution >= 0.6 is 0 Å². The highest BCUT2D eigenvalue weighted by molar-refractivity contribution is 5.93. The van der Waals surface area contributed by atoms with Gasteiger partial charge in [-0.3, -0.25) is 9.69 Å². The second-order valence-corrected chi connectivity index (χ2v) is 8.45. The third-order valence-corrected chi connectivity index (χ3v) is 6.39. The van der Waals surface area contributed by atoms with Gasteiger partial charge in [0.15, 0.2) is 0 Å². The van der Waals surface area contributed by atoms with Gasteiger partial charge < -0.3 is 10.4 Å². The Bertz CT molecular complexity index is 900. The van der Waals surface area contributed by atoms with E-state index in [0.717, 1.165) is 68.6 Å². The van der Waals surface area contributed by atoms with E-state index in [-0.39, 0.29) is 17.8 Å². The van der Waals surface area contributed by atoms with Crippen molar-refractivity contribution in [2.75, 3.05) is 13.1 Å². The lowest BCUT2D eigenvalue weighted by Crippen LogP contribution is -2.45. The SMILES string of the molecule is CCN1CCc2c(Cc3ccc(F)cc3)cc(C(=O)N[C@H]3CCCC[C@@H]3O)nc2C1. The normalized spacial score (nSPS) is 21.8. The molecule has 2 aromatic rings. The van der Waals surface area contributed by atoms with Crippen LogP contribution in [0.5, 0.6) is 0 Å². The molecular weight excluding hydrogens is 381 g/mol. The van der Waals surface area contributed by atoms with Crippen molar-refractivity contribution in [1.29, 1.82) is 0 Å². The van der Waals surface area contributed by atoms with Crippen LogP contribution in [0.4, 0.5) is 4.39 Å². The molecule has 160 valence electrons. The fourth-order valence-corrected chi connectivity index (χ4v) is 4.57. The topological polar surface area (TPSA) is 65.5 Å². The molecule has 2 atom stereocenters. The molecule has 0 unspecified atom stereocenters. The number of hydrogen-bond donors (Lipinski definition) is 2. The molecule has 5 nitrogen and oxygen atoms in total. The number of hydrogen-bond acceptors (Lipinski definition) is 4. The summed E-state index contributed by atoms with van der Waals surface area (Å²) in [4.78, 5) is 20.0. The second-order valence-electron chi connectivity index (χ2n) is 8.45. The van der Waals surface area contributed by atoms with Crippen LogP contribution in [0.2, 0.25) is 0 Å². The molecule has 0 saturated heterocycles. The van der Waals surface area contributed by atoms with Crippen molar-refractivity contribution < 1.29 is 14.3 Å².